The quantitative estimate of drug-likeness (QED) is 0.415. The van der Waals surface area contributed by atoms with Gasteiger partial charge in [0, 0.05) is 48.1 Å². The summed E-state index contributed by atoms with van der Waals surface area (Å²) in [5.41, 5.74) is 3.32. The summed E-state index contributed by atoms with van der Waals surface area (Å²) in [5.74, 6) is 0.515. The lowest BCUT2D eigenvalue weighted by Crippen LogP contribution is -2.51. The number of rotatable bonds is 1. The fraction of sp³-hybridized carbons (Fsp3) is 0.622. The maximum atomic E-state index is 14.2. The highest BCUT2D eigenvalue weighted by atomic mass is 35.5. The number of nitrogens with zero attached hydrogens (tertiary/aromatic N) is 2. The van der Waals surface area contributed by atoms with Gasteiger partial charge in [0.05, 0.1) is 30.8 Å². The van der Waals surface area contributed by atoms with E-state index >= 15 is 0 Å². The number of ether oxygens (including phenoxy) is 2. The molecule has 3 heterocycles. The lowest BCUT2D eigenvalue weighted by Gasteiger charge is -2.47. The van der Waals surface area contributed by atoms with Crippen molar-refractivity contribution in [2.45, 2.75) is 75.9 Å². The third-order valence-electron chi connectivity index (χ3n) is 12.1. The maximum Gasteiger partial charge on any atom is 0.264 e. The summed E-state index contributed by atoms with van der Waals surface area (Å²) in [4.78, 5) is 32.1. The first-order valence-corrected chi connectivity index (χ1v) is 19.7. The summed E-state index contributed by atoms with van der Waals surface area (Å²) < 4.78 is 41.4. The normalized spacial score (nSPS) is 32.1. The minimum absolute atomic E-state index is 0.117. The van der Waals surface area contributed by atoms with Gasteiger partial charge >= 0.3 is 0 Å². The monoisotopic (exact) mass is 697 g/mol. The number of sulfonamides is 1. The van der Waals surface area contributed by atoms with E-state index < -0.39 is 21.2 Å². The second kappa shape index (κ2) is 13.5. The van der Waals surface area contributed by atoms with Crippen LogP contribution < -0.4 is 14.4 Å². The Kier molecular flexibility index (Phi) is 9.45. The molecule has 1 N–H and O–H groups in total. The highest BCUT2D eigenvalue weighted by Gasteiger charge is 2.46. The minimum atomic E-state index is -3.94. The van der Waals surface area contributed by atoms with E-state index in [1.807, 2.05) is 24.0 Å². The molecule has 260 valence electrons. The molecule has 7 rings (SSSR count). The van der Waals surface area contributed by atoms with Crippen LogP contribution in [0.3, 0.4) is 0 Å². The number of halogens is 1. The van der Waals surface area contributed by atoms with Crippen molar-refractivity contribution in [3.8, 4) is 5.75 Å². The van der Waals surface area contributed by atoms with E-state index in [0.29, 0.717) is 57.5 Å². The van der Waals surface area contributed by atoms with Crippen LogP contribution in [0.4, 0.5) is 5.69 Å². The Labute approximate surface area is 289 Å². The van der Waals surface area contributed by atoms with Crippen LogP contribution in [0, 0.1) is 23.7 Å². The zero-order valence-electron chi connectivity index (χ0n) is 28.1. The van der Waals surface area contributed by atoms with Gasteiger partial charge in [0.25, 0.3) is 5.91 Å². The highest BCUT2D eigenvalue weighted by molar-refractivity contribution is 7.90. The van der Waals surface area contributed by atoms with Gasteiger partial charge in [0.1, 0.15) is 5.75 Å². The van der Waals surface area contributed by atoms with Gasteiger partial charge in [-0.3, -0.25) is 9.59 Å². The first-order chi connectivity index (χ1) is 23.0. The Morgan fingerprint density at radius 2 is 1.83 bits per heavy atom. The van der Waals surface area contributed by atoms with Gasteiger partial charge in [-0.2, -0.15) is 0 Å². The van der Waals surface area contributed by atoms with E-state index in [4.69, 9.17) is 21.1 Å². The van der Waals surface area contributed by atoms with Crippen molar-refractivity contribution in [1.29, 1.82) is 0 Å². The van der Waals surface area contributed by atoms with Crippen LogP contribution >= 0.6 is 11.6 Å². The van der Waals surface area contributed by atoms with Crippen LogP contribution in [0.2, 0.25) is 5.02 Å². The topological polar surface area (TPSA) is 105 Å². The van der Waals surface area contributed by atoms with E-state index in [0.717, 1.165) is 62.2 Å². The number of anilines is 1. The largest absolute Gasteiger partial charge is 0.490 e. The van der Waals surface area contributed by atoms with Gasteiger partial charge in [-0.1, -0.05) is 31.0 Å². The molecule has 48 heavy (non-hydrogen) atoms. The van der Waals surface area contributed by atoms with Crippen molar-refractivity contribution in [1.82, 2.24) is 9.62 Å². The number of hydrogen-bond acceptors (Lipinski definition) is 7. The number of nitrogens with one attached hydrogen (secondary N) is 1. The van der Waals surface area contributed by atoms with E-state index in [-0.39, 0.29) is 34.6 Å². The van der Waals surface area contributed by atoms with E-state index in [1.165, 1.54) is 11.1 Å². The highest BCUT2D eigenvalue weighted by Crippen LogP contribution is 2.48. The van der Waals surface area contributed by atoms with Crippen LogP contribution in [0.25, 0.3) is 0 Å². The average Bonchev–Trinajstić information content (AvgIpc) is 3.21. The molecular formula is C37H48ClN3O6S. The Morgan fingerprint density at radius 3 is 2.60 bits per heavy atom. The first kappa shape index (κ1) is 33.7. The molecule has 2 fully saturated rings. The standard InChI is InChI=1S/C37H48ClN3O6S/c1-24-5-3-7-31(36(43)40-15-17-46-18-16-40)30-11-8-28(30)21-41-22-37(14-4-6-26-19-29(38)10-12-32(26)37)23-47-34-13-9-27(20-33(34)41)35(42)39-48(44,45)25(24)2/h9-10,12-13,19-20,24-25,28,30-31H,3-8,11,14-18,21-23H2,1-2H3,(H,39,42)/t24-,25+,28-,30+,31-,37-/m0/s1. The molecule has 0 unspecified atom stereocenters. The predicted octanol–water partition coefficient (Wildman–Crippen LogP) is 5.58. The van der Waals surface area contributed by atoms with Crippen LogP contribution in [-0.4, -0.2) is 76.4 Å². The summed E-state index contributed by atoms with van der Waals surface area (Å²) in [7, 11) is -3.94. The van der Waals surface area contributed by atoms with Gasteiger partial charge in [0.15, 0.2) is 0 Å². The third-order valence-corrected chi connectivity index (χ3v) is 14.2. The molecular weight excluding hydrogens is 650 g/mol. The first-order valence-electron chi connectivity index (χ1n) is 17.8. The molecule has 0 radical (unpaired) electrons. The smallest absolute Gasteiger partial charge is 0.264 e. The number of morpholine rings is 1. The van der Waals surface area contributed by atoms with Crippen LogP contribution in [0.15, 0.2) is 36.4 Å². The van der Waals surface area contributed by atoms with Gasteiger partial charge < -0.3 is 19.3 Å². The fourth-order valence-electron chi connectivity index (χ4n) is 8.91. The Hall–Kier alpha value is -2.82. The van der Waals surface area contributed by atoms with E-state index in [2.05, 4.69) is 21.8 Å². The number of carbonyl (C=O) groups excluding carboxylic acids is 2. The predicted molar refractivity (Wildman–Crippen MR) is 186 cm³/mol. The molecule has 3 aliphatic heterocycles. The van der Waals surface area contributed by atoms with Crippen LogP contribution in [-0.2, 0) is 31.4 Å². The lowest BCUT2D eigenvalue weighted by atomic mass is 9.64. The molecule has 1 saturated heterocycles. The Balaban J connectivity index is 1.29. The average molecular weight is 698 g/mol. The van der Waals surface area contributed by atoms with Crippen molar-refractivity contribution >= 4 is 39.1 Å². The van der Waals surface area contributed by atoms with Crippen molar-refractivity contribution in [2.24, 2.45) is 23.7 Å². The molecule has 1 spiro atoms. The Morgan fingerprint density at radius 1 is 1.02 bits per heavy atom. The van der Waals surface area contributed by atoms with E-state index in [9.17, 15) is 18.0 Å². The molecule has 11 heteroatoms. The van der Waals surface area contributed by atoms with Gasteiger partial charge in [-0.15, -0.1) is 0 Å². The van der Waals surface area contributed by atoms with Crippen molar-refractivity contribution < 1.29 is 27.5 Å². The molecule has 2 amide bonds. The molecule has 5 aliphatic rings. The summed E-state index contributed by atoms with van der Waals surface area (Å²) in [5, 5.41) is -0.0316. The van der Waals surface area contributed by atoms with Crippen molar-refractivity contribution in [3.05, 3.63) is 58.1 Å². The molecule has 6 atom stereocenters. The zero-order chi connectivity index (χ0) is 33.6. The summed E-state index contributed by atoms with van der Waals surface area (Å²) >= 11 is 6.45. The number of fused-ring (bicyclic) bond motifs is 4. The van der Waals surface area contributed by atoms with Gasteiger partial charge in [-0.05, 0) is 111 Å². The summed E-state index contributed by atoms with van der Waals surface area (Å²) in [6, 6.07) is 11.5. The molecule has 2 bridgehead atoms. The number of benzene rings is 2. The number of amides is 2. The third kappa shape index (κ3) is 6.44. The van der Waals surface area contributed by atoms with Gasteiger partial charge in [-0.25, -0.2) is 13.1 Å². The molecule has 2 aromatic rings. The molecule has 9 nitrogen and oxygen atoms in total. The molecule has 2 aromatic carbocycles. The fourth-order valence-corrected chi connectivity index (χ4v) is 10.4. The van der Waals surface area contributed by atoms with Crippen molar-refractivity contribution in [3.63, 3.8) is 0 Å². The Bertz CT molecular complexity index is 1660. The molecule has 2 aliphatic carbocycles. The molecule has 0 aromatic heterocycles. The number of carbonyl (C=O) groups is 2. The van der Waals surface area contributed by atoms with Crippen LogP contribution in [0.1, 0.15) is 80.3 Å². The van der Waals surface area contributed by atoms with Crippen molar-refractivity contribution in [2.75, 3.05) is 50.9 Å². The number of hydrogen-bond donors (Lipinski definition) is 1. The zero-order valence-corrected chi connectivity index (χ0v) is 29.7. The summed E-state index contributed by atoms with van der Waals surface area (Å²) in [6.45, 7) is 7.86. The maximum absolute atomic E-state index is 14.2. The van der Waals surface area contributed by atoms with Gasteiger partial charge in [0.2, 0.25) is 15.9 Å². The van der Waals surface area contributed by atoms with E-state index in [1.54, 1.807) is 19.1 Å². The number of aryl methyl sites for hydroxylation is 1. The van der Waals surface area contributed by atoms with Crippen LogP contribution in [0.5, 0.6) is 5.75 Å². The summed E-state index contributed by atoms with van der Waals surface area (Å²) in [6.07, 6.45) is 7.12. The minimum Gasteiger partial charge on any atom is -0.490 e. The second-order valence-corrected chi connectivity index (χ2v) is 17.4. The molecule has 1 saturated carbocycles. The SMILES string of the molecule is C[C@@H]1[C@@H](C)CCC[C@H](C(=O)N2CCOCC2)[C@@H]2CC[C@H]2CN2C[C@@]3(CCCc4cc(Cl)ccc43)COc3ccc(cc32)C(=O)NS1(=O)=O. The second-order valence-electron chi connectivity index (χ2n) is 14.9. The lowest BCUT2D eigenvalue weighted by molar-refractivity contribution is -0.144.